The average Bonchev–Trinajstić information content (AvgIpc) is 2.91. The number of aromatic amines is 2. The first-order chi connectivity index (χ1) is 10.7. The van der Waals surface area contributed by atoms with Crippen LogP contribution in [0.1, 0.15) is 6.92 Å². The summed E-state index contributed by atoms with van der Waals surface area (Å²) in [6.07, 6.45) is 1.59. The molecule has 0 unspecified atom stereocenters. The molecule has 2 heterocycles. The molecule has 0 spiro atoms. The molecule has 6 heteroatoms. The van der Waals surface area contributed by atoms with Crippen molar-refractivity contribution in [1.29, 1.82) is 0 Å². The molecule has 2 aromatic carbocycles. The van der Waals surface area contributed by atoms with E-state index >= 15 is 0 Å². The summed E-state index contributed by atoms with van der Waals surface area (Å²) in [5, 5.41) is 3.41. The van der Waals surface area contributed by atoms with Crippen molar-refractivity contribution in [3.63, 3.8) is 0 Å². The van der Waals surface area contributed by atoms with Crippen LogP contribution in [0.15, 0.2) is 40.4 Å². The predicted octanol–water partition coefficient (Wildman–Crippen LogP) is 3.81. The van der Waals surface area contributed by atoms with E-state index in [0.717, 1.165) is 32.7 Å². The molecule has 0 atom stereocenters. The molecule has 110 valence electrons. The van der Waals surface area contributed by atoms with E-state index in [2.05, 4.69) is 15.0 Å². The summed E-state index contributed by atoms with van der Waals surface area (Å²) in [6, 6.07) is 6.31. The largest absolute Gasteiger partial charge is 0.332 e. The van der Waals surface area contributed by atoms with Gasteiger partial charge in [-0.25, -0.2) is 9.37 Å². The van der Waals surface area contributed by atoms with Crippen molar-refractivity contribution < 1.29 is 4.39 Å². The first-order valence-corrected chi connectivity index (χ1v) is 7.92. The quantitative estimate of drug-likeness (QED) is 0.437. The van der Waals surface area contributed by atoms with Gasteiger partial charge in [0, 0.05) is 22.4 Å². The molecule has 2 aromatic heterocycles. The SMILES string of the molecule is CCSc1nc2c3cc[nH]c(=O)c3c3cc(F)ccc3c2[nH]1. The third-order valence-electron chi connectivity index (χ3n) is 3.70. The zero-order valence-electron chi connectivity index (χ0n) is 11.7. The highest BCUT2D eigenvalue weighted by Gasteiger charge is 2.15. The van der Waals surface area contributed by atoms with E-state index in [4.69, 9.17) is 0 Å². The van der Waals surface area contributed by atoms with Gasteiger partial charge < -0.3 is 9.97 Å². The highest BCUT2D eigenvalue weighted by atomic mass is 32.2. The van der Waals surface area contributed by atoms with E-state index in [0.29, 0.717) is 10.8 Å². The van der Waals surface area contributed by atoms with Gasteiger partial charge in [0.2, 0.25) is 0 Å². The molecule has 0 bridgehead atoms. The van der Waals surface area contributed by atoms with Crippen molar-refractivity contribution in [1.82, 2.24) is 15.0 Å². The van der Waals surface area contributed by atoms with Gasteiger partial charge in [-0.2, -0.15) is 0 Å². The number of aromatic nitrogens is 3. The van der Waals surface area contributed by atoms with Crippen molar-refractivity contribution in [3.8, 4) is 0 Å². The van der Waals surface area contributed by atoms with Crippen molar-refractivity contribution >= 4 is 44.3 Å². The van der Waals surface area contributed by atoms with Gasteiger partial charge in [0.1, 0.15) is 5.82 Å². The molecule has 4 aromatic rings. The van der Waals surface area contributed by atoms with Crippen LogP contribution in [-0.2, 0) is 0 Å². The van der Waals surface area contributed by atoms with E-state index in [-0.39, 0.29) is 11.4 Å². The van der Waals surface area contributed by atoms with Crippen LogP contribution in [0.25, 0.3) is 32.6 Å². The number of rotatable bonds is 2. The Hall–Kier alpha value is -2.34. The summed E-state index contributed by atoms with van der Waals surface area (Å²) in [4.78, 5) is 22.8. The molecule has 22 heavy (non-hydrogen) atoms. The Balaban J connectivity index is 2.31. The second-order valence-electron chi connectivity index (χ2n) is 4.98. The highest BCUT2D eigenvalue weighted by Crippen LogP contribution is 2.33. The van der Waals surface area contributed by atoms with Crippen LogP contribution >= 0.6 is 11.8 Å². The number of imidazole rings is 1. The topological polar surface area (TPSA) is 61.5 Å². The van der Waals surface area contributed by atoms with Crippen molar-refractivity contribution in [2.75, 3.05) is 5.75 Å². The van der Waals surface area contributed by atoms with Crippen molar-refractivity contribution in [3.05, 3.63) is 46.6 Å². The Kier molecular flexibility index (Phi) is 2.94. The minimum absolute atomic E-state index is 0.234. The van der Waals surface area contributed by atoms with Crippen LogP contribution in [0.4, 0.5) is 4.39 Å². The summed E-state index contributed by atoms with van der Waals surface area (Å²) in [6.45, 7) is 2.05. The summed E-state index contributed by atoms with van der Waals surface area (Å²) in [7, 11) is 0. The number of hydrogen-bond acceptors (Lipinski definition) is 3. The van der Waals surface area contributed by atoms with Gasteiger partial charge >= 0.3 is 0 Å². The van der Waals surface area contributed by atoms with Crippen LogP contribution in [0.3, 0.4) is 0 Å². The number of fused-ring (bicyclic) bond motifs is 6. The second-order valence-corrected chi connectivity index (χ2v) is 6.24. The molecule has 0 radical (unpaired) electrons. The smallest absolute Gasteiger partial charge is 0.256 e. The first-order valence-electron chi connectivity index (χ1n) is 6.94. The Labute approximate surface area is 128 Å². The minimum Gasteiger partial charge on any atom is -0.332 e. The Morgan fingerprint density at radius 2 is 2.09 bits per heavy atom. The van der Waals surface area contributed by atoms with Gasteiger partial charge in [0.25, 0.3) is 5.56 Å². The van der Waals surface area contributed by atoms with Gasteiger partial charge in [-0.3, -0.25) is 4.79 Å². The standard InChI is InChI=1S/C16H12FN3OS/c1-2-22-16-19-13-9-4-3-8(17)7-11(9)12-10(14(13)20-16)5-6-18-15(12)21/h3-7H,2H2,1H3,(H,18,21)(H,19,20). The van der Waals surface area contributed by atoms with Gasteiger partial charge in [-0.15, -0.1) is 0 Å². The molecule has 0 saturated heterocycles. The zero-order valence-corrected chi connectivity index (χ0v) is 12.6. The average molecular weight is 313 g/mol. The lowest BCUT2D eigenvalue weighted by Crippen LogP contribution is -2.05. The molecule has 0 aliphatic rings. The lowest BCUT2D eigenvalue weighted by atomic mass is 10.0. The van der Waals surface area contributed by atoms with Crippen LogP contribution in [0.5, 0.6) is 0 Å². The fourth-order valence-corrected chi connectivity index (χ4v) is 3.43. The molecule has 2 N–H and O–H groups in total. The molecule has 0 amide bonds. The number of H-pyrrole nitrogens is 2. The molecule has 4 rings (SSSR count). The van der Waals surface area contributed by atoms with Gasteiger partial charge in [0.05, 0.1) is 16.4 Å². The third-order valence-corrected chi connectivity index (χ3v) is 4.45. The lowest BCUT2D eigenvalue weighted by molar-refractivity contribution is 0.630. The molecular formula is C16H12FN3OS. The minimum atomic E-state index is -0.362. The number of benzene rings is 2. The molecule has 0 saturated carbocycles. The van der Waals surface area contributed by atoms with E-state index in [9.17, 15) is 9.18 Å². The zero-order chi connectivity index (χ0) is 15.3. The van der Waals surface area contributed by atoms with E-state index in [1.165, 1.54) is 12.1 Å². The fourth-order valence-electron chi connectivity index (χ4n) is 2.83. The predicted molar refractivity (Wildman–Crippen MR) is 88.1 cm³/mol. The molecular weight excluding hydrogens is 301 g/mol. The molecule has 4 nitrogen and oxygen atoms in total. The van der Waals surface area contributed by atoms with Crippen molar-refractivity contribution in [2.45, 2.75) is 12.1 Å². The summed E-state index contributed by atoms with van der Waals surface area (Å²) >= 11 is 1.60. The highest BCUT2D eigenvalue weighted by molar-refractivity contribution is 7.99. The summed E-state index contributed by atoms with van der Waals surface area (Å²) < 4.78 is 13.7. The Morgan fingerprint density at radius 1 is 1.23 bits per heavy atom. The summed E-state index contributed by atoms with van der Waals surface area (Å²) in [5.41, 5.74) is 1.35. The number of halogens is 1. The third kappa shape index (κ3) is 1.84. The lowest BCUT2D eigenvalue weighted by Gasteiger charge is -2.05. The number of thioether (sulfide) groups is 1. The first kappa shape index (κ1) is 13.3. The van der Waals surface area contributed by atoms with Gasteiger partial charge in [-0.1, -0.05) is 18.7 Å². The Bertz CT molecular complexity index is 1080. The number of nitrogens with zero attached hydrogens (tertiary/aromatic N) is 1. The van der Waals surface area contributed by atoms with Gasteiger partial charge in [0.15, 0.2) is 5.16 Å². The van der Waals surface area contributed by atoms with E-state index in [1.54, 1.807) is 24.0 Å². The van der Waals surface area contributed by atoms with E-state index < -0.39 is 0 Å². The monoisotopic (exact) mass is 313 g/mol. The number of pyridine rings is 1. The second kappa shape index (κ2) is 4.84. The van der Waals surface area contributed by atoms with Crippen LogP contribution < -0.4 is 5.56 Å². The van der Waals surface area contributed by atoms with Crippen LogP contribution in [-0.4, -0.2) is 20.7 Å². The maximum Gasteiger partial charge on any atom is 0.256 e. The fraction of sp³-hybridized carbons (Fsp3) is 0.125. The molecule has 0 aliphatic heterocycles. The van der Waals surface area contributed by atoms with Crippen molar-refractivity contribution in [2.24, 2.45) is 0 Å². The van der Waals surface area contributed by atoms with Gasteiger partial charge in [-0.05, 0) is 30.0 Å². The number of hydrogen-bond donors (Lipinski definition) is 2. The Morgan fingerprint density at radius 3 is 2.91 bits per heavy atom. The molecule has 0 fully saturated rings. The maximum absolute atomic E-state index is 13.7. The number of nitrogens with one attached hydrogen (secondary N) is 2. The van der Waals surface area contributed by atoms with E-state index in [1.807, 2.05) is 13.0 Å². The van der Waals surface area contributed by atoms with Crippen LogP contribution in [0.2, 0.25) is 0 Å². The van der Waals surface area contributed by atoms with Crippen LogP contribution in [0, 0.1) is 5.82 Å². The molecule has 0 aliphatic carbocycles. The normalized spacial score (nSPS) is 11.7. The summed E-state index contributed by atoms with van der Waals surface area (Å²) in [5.74, 6) is 0.532. The maximum atomic E-state index is 13.7.